The van der Waals surface area contributed by atoms with Crippen LogP contribution in [0.5, 0.6) is 5.75 Å². The zero-order valence-electron chi connectivity index (χ0n) is 14.5. The normalized spacial score (nSPS) is 11.2. The largest absolute Gasteiger partial charge is 0.476 e. The van der Waals surface area contributed by atoms with Crippen LogP contribution in [0.2, 0.25) is 0 Å². The fraction of sp³-hybridized carbons (Fsp3) is 0.389. The average molecular weight is 331 g/mol. The molecule has 0 bridgehead atoms. The van der Waals surface area contributed by atoms with Crippen LogP contribution in [0.1, 0.15) is 38.1 Å². The first kappa shape index (κ1) is 17.7. The number of imidazole rings is 1. The summed E-state index contributed by atoms with van der Waals surface area (Å²) < 4.78 is 14.2. The van der Waals surface area contributed by atoms with Crippen molar-refractivity contribution in [2.75, 3.05) is 6.61 Å². The topological polar surface area (TPSA) is 61.4 Å². The third-order valence-electron chi connectivity index (χ3n) is 3.48. The van der Waals surface area contributed by atoms with E-state index in [0.29, 0.717) is 18.9 Å². The Kier molecular flexibility index (Phi) is 5.39. The minimum absolute atomic E-state index is 0.0290. The second-order valence-electron chi connectivity index (χ2n) is 5.99. The first-order valence-corrected chi connectivity index (χ1v) is 7.85. The van der Waals surface area contributed by atoms with Crippen molar-refractivity contribution in [2.24, 2.45) is 0 Å². The van der Waals surface area contributed by atoms with Gasteiger partial charge in [0.2, 0.25) is 0 Å². The number of benzene rings is 1. The van der Waals surface area contributed by atoms with Gasteiger partial charge >= 0.3 is 11.9 Å². The van der Waals surface area contributed by atoms with E-state index in [-0.39, 0.29) is 5.91 Å². The molecule has 0 aliphatic rings. The van der Waals surface area contributed by atoms with Gasteiger partial charge in [-0.15, -0.1) is 0 Å². The highest BCUT2D eigenvalue weighted by molar-refractivity contribution is 5.79. The number of esters is 1. The van der Waals surface area contributed by atoms with Crippen LogP contribution in [0, 0.1) is 0 Å². The second-order valence-corrected chi connectivity index (χ2v) is 5.99. The lowest BCUT2D eigenvalue weighted by atomic mass is 10.1. The zero-order chi connectivity index (χ0) is 17.7. The summed E-state index contributed by atoms with van der Waals surface area (Å²) in [6.45, 7) is 7.60. The van der Waals surface area contributed by atoms with Gasteiger partial charge in [0, 0.05) is 6.92 Å². The minimum atomic E-state index is -1.04. The molecular formula is C18H23N2O4+. The van der Waals surface area contributed by atoms with Gasteiger partial charge in [-0.2, -0.15) is 4.57 Å². The molecule has 2 rings (SSSR count). The first-order valence-electron chi connectivity index (χ1n) is 7.85. The predicted octanol–water partition coefficient (Wildman–Crippen LogP) is 2.20. The van der Waals surface area contributed by atoms with Crippen molar-refractivity contribution >= 4 is 11.9 Å². The van der Waals surface area contributed by atoms with E-state index in [2.05, 4.69) is 0 Å². The molecule has 24 heavy (non-hydrogen) atoms. The Balaban J connectivity index is 2.02. The van der Waals surface area contributed by atoms with Crippen LogP contribution in [-0.4, -0.2) is 28.7 Å². The third kappa shape index (κ3) is 4.44. The van der Waals surface area contributed by atoms with Crippen molar-refractivity contribution in [2.45, 2.75) is 39.8 Å². The molecule has 0 amide bonds. The summed E-state index contributed by atoms with van der Waals surface area (Å²) in [5.74, 6) is 0.178. The quantitative estimate of drug-likeness (QED) is 0.601. The van der Waals surface area contributed by atoms with Gasteiger partial charge in [-0.1, -0.05) is 12.1 Å². The Hall–Kier alpha value is -2.63. The summed E-state index contributed by atoms with van der Waals surface area (Å²) >= 11 is 0. The van der Waals surface area contributed by atoms with E-state index in [9.17, 15) is 9.59 Å². The highest BCUT2D eigenvalue weighted by Crippen LogP contribution is 2.20. The Bertz CT molecular complexity index is 717. The lowest BCUT2D eigenvalue weighted by Crippen LogP contribution is -2.39. The smallest absolute Gasteiger partial charge is 0.349 e. The molecule has 1 aromatic carbocycles. The molecule has 2 aromatic rings. The van der Waals surface area contributed by atoms with Crippen LogP contribution in [0.4, 0.5) is 0 Å². The number of rotatable bonds is 6. The van der Waals surface area contributed by atoms with Crippen molar-refractivity contribution in [1.29, 1.82) is 0 Å². The van der Waals surface area contributed by atoms with Crippen molar-refractivity contribution in [3.8, 4) is 5.75 Å². The van der Waals surface area contributed by atoms with Gasteiger partial charge in [0.1, 0.15) is 24.7 Å². The molecule has 0 unspecified atom stereocenters. The molecule has 6 heteroatoms. The molecular weight excluding hydrogens is 308 g/mol. The maximum absolute atomic E-state index is 11.9. The Morgan fingerprint density at radius 2 is 1.88 bits per heavy atom. The number of carbonyl (C=O) groups excluding carboxylic acids is 2. The average Bonchev–Trinajstić information content (AvgIpc) is 2.98. The molecule has 1 heterocycles. The Morgan fingerprint density at radius 1 is 1.21 bits per heavy atom. The van der Waals surface area contributed by atoms with Crippen molar-refractivity contribution in [3.05, 3.63) is 48.5 Å². The van der Waals surface area contributed by atoms with E-state index < -0.39 is 11.6 Å². The monoisotopic (exact) mass is 331 g/mol. The van der Waals surface area contributed by atoms with Crippen LogP contribution in [0.25, 0.3) is 0 Å². The molecule has 1 aromatic heterocycles. The van der Waals surface area contributed by atoms with Crippen LogP contribution in [0.3, 0.4) is 0 Å². The van der Waals surface area contributed by atoms with Crippen LogP contribution in [-0.2, 0) is 16.1 Å². The fourth-order valence-electron chi connectivity index (χ4n) is 2.19. The predicted molar refractivity (Wildman–Crippen MR) is 87.8 cm³/mol. The maximum Gasteiger partial charge on any atom is 0.349 e. The van der Waals surface area contributed by atoms with E-state index in [1.54, 1.807) is 33.3 Å². The Labute approximate surface area is 141 Å². The summed E-state index contributed by atoms with van der Waals surface area (Å²) in [5.41, 5.74) is 0.0212. The highest BCUT2D eigenvalue weighted by atomic mass is 16.6. The molecule has 6 nitrogen and oxygen atoms in total. The second kappa shape index (κ2) is 7.29. The van der Waals surface area contributed by atoms with Crippen molar-refractivity contribution in [3.63, 3.8) is 0 Å². The van der Waals surface area contributed by atoms with Gasteiger partial charge in [-0.05, 0) is 38.5 Å². The Morgan fingerprint density at radius 3 is 2.42 bits per heavy atom. The van der Waals surface area contributed by atoms with Crippen molar-refractivity contribution in [1.82, 2.24) is 4.57 Å². The molecule has 0 saturated carbocycles. The molecule has 0 aliphatic carbocycles. The van der Waals surface area contributed by atoms with E-state index in [0.717, 1.165) is 5.56 Å². The van der Waals surface area contributed by atoms with E-state index in [4.69, 9.17) is 9.47 Å². The van der Waals surface area contributed by atoms with E-state index >= 15 is 0 Å². The molecule has 0 fully saturated rings. The van der Waals surface area contributed by atoms with Gasteiger partial charge in [-0.25, -0.2) is 14.2 Å². The van der Waals surface area contributed by atoms with Crippen molar-refractivity contribution < 1.29 is 23.6 Å². The van der Waals surface area contributed by atoms with E-state index in [1.165, 1.54) is 11.5 Å². The number of carbonyl (C=O) groups is 2. The number of hydrogen-bond acceptors (Lipinski definition) is 4. The summed E-state index contributed by atoms with van der Waals surface area (Å²) in [6.07, 6.45) is 5.31. The number of aromatic nitrogens is 2. The summed E-state index contributed by atoms with van der Waals surface area (Å²) in [6, 6.07) is 7.49. The SMILES string of the molecule is CCOC(=O)C(C)(C)Oc1ccc(C[n+]2ccn(C(C)=O)c2)cc1. The molecule has 0 atom stereocenters. The summed E-state index contributed by atoms with van der Waals surface area (Å²) in [4.78, 5) is 23.1. The summed E-state index contributed by atoms with van der Waals surface area (Å²) in [7, 11) is 0. The molecule has 0 aliphatic heterocycles. The van der Waals surface area contributed by atoms with Gasteiger partial charge in [0.05, 0.1) is 6.61 Å². The number of ether oxygens (including phenoxy) is 2. The number of hydrogen-bond donors (Lipinski definition) is 0. The standard InChI is InChI=1S/C18H23N2O4/c1-5-23-17(22)18(3,4)24-16-8-6-15(7-9-16)12-19-10-11-20(13-19)14(2)21/h6-11,13H,5,12H2,1-4H3/q+1. The maximum atomic E-state index is 11.9. The molecule has 0 spiro atoms. The van der Waals surface area contributed by atoms with Gasteiger partial charge in [-0.3, -0.25) is 0 Å². The molecule has 0 N–H and O–H groups in total. The summed E-state index contributed by atoms with van der Waals surface area (Å²) in [5, 5.41) is 0. The number of nitrogens with zero attached hydrogens (tertiary/aromatic N) is 2. The first-order chi connectivity index (χ1) is 11.3. The van der Waals surface area contributed by atoms with Gasteiger partial charge < -0.3 is 9.47 Å². The molecule has 128 valence electrons. The third-order valence-corrected chi connectivity index (χ3v) is 3.48. The van der Waals surface area contributed by atoms with Crippen LogP contribution < -0.4 is 9.30 Å². The van der Waals surface area contributed by atoms with E-state index in [1.807, 2.05) is 35.0 Å². The van der Waals surface area contributed by atoms with Crippen LogP contribution in [0.15, 0.2) is 43.0 Å². The molecule has 0 radical (unpaired) electrons. The zero-order valence-corrected chi connectivity index (χ0v) is 14.5. The lowest BCUT2D eigenvalue weighted by molar-refractivity contribution is -0.687. The van der Waals surface area contributed by atoms with Crippen LogP contribution >= 0.6 is 0 Å². The van der Waals surface area contributed by atoms with Gasteiger partial charge in [0.15, 0.2) is 5.60 Å². The lowest BCUT2D eigenvalue weighted by Gasteiger charge is -2.24. The highest BCUT2D eigenvalue weighted by Gasteiger charge is 2.31. The fourth-order valence-corrected chi connectivity index (χ4v) is 2.19. The molecule has 0 saturated heterocycles. The van der Waals surface area contributed by atoms with Gasteiger partial charge in [0.25, 0.3) is 6.33 Å². The minimum Gasteiger partial charge on any atom is -0.476 e.